The summed E-state index contributed by atoms with van der Waals surface area (Å²) in [6.07, 6.45) is 6.47. The van der Waals surface area contributed by atoms with Gasteiger partial charge in [-0.25, -0.2) is 13.4 Å². The average molecular weight is 227 g/mol. The topological polar surface area (TPSA) is 64.0 Å². The van der Waals surface area contributed by atoms with E-state index in [1.54, 1.807) is 11.5 Å². The zero-order valence-corrected chi connectivity index (χ0v) is 9.50. The predicted octanol–water partition coefficient (Wildman–Crippen LogP) is 0.123. The van der Waals surface area contributed by atoms with E-state index in [0.717, 1.165) is 0 Å². The number of nitrogens with zero attached hydrogens (tertiary/aromatic N) is 2. The summed E-state index contributed by atoms with van der Waals surface area (Å²) in [5.74, 6) is 2.87. The Morgan fingerprint density at radius 2 is 2.33 bits per heavy atom. The van der Waals surface area contributed by atoms with E-state index in [1.165, 1.54) is 6.20 Å². The zero-order valence-electron chi connectivity index (χ0n) is 8.69. The minimum absolute atomic E-state index is 0.0112. The first-order valence-corrected chi connectivity index (χ1v) is 5.96. The van der Waals surface area contributed by atoms with Gasteiger partial charge in [-0.3, -0.25) is 0 Å². The van der Waals surface area contributed by atoms with Gasteiger partial charge in [0.05, 0.1) is 6.54 Å². The van der Waals surface area contributed by atoms with Crippen molar-refractivity contribution < 1.29 is 8.42 Å². The molecule has 0 unspecified atom stereocenters. The molecule has 82 valence electrons. The van der Waals surface area contributed by atoms with Gasteiger partial charge in [-0.15, -0.1) is 6.42 Å². The lowest BCUT2D eigenvalue weighted by molar-refractivity contribution is 0.582. The largest absolute Gasteiger partial charge is 0.334 e. The monoisotopic (exact) mass is 227 g/mol. The summed E-state index contributed by atoms with van der Waals surface area (Å²) in [5, 5.41) is 0.0112. The van der Waals surface area contributed by atoms with E-state index in [-0.39, 0.29) is 11.6 Å². The molecule has 1 heterocycles. The summed E-state index contributed by atoms with van der Waals surface area (Å²) < 4.78 is 27.2. The summed E-state index contributed by atoms with van der Waals surface area (Å²) >= 11 is 0. The summed E-state index contributed by atoms with van der Waals surface area (Å²) in [6.45, 7) is 4.33. The Bertz CT molecular complexity index is 482. The lowest BCUT2D eigenvalue weighted by atomic mass is 10.6. The normalized spacial score (nSPS) is 11.3. The maximum Gasteiger partial charge on any atom is 0.260 e. The lowest BCUT2D eigenvalue weighted by Crippen LogP contribution is -2.24. The number of rotatable bonds is 4. The van der Waals surface area contributed by atoms with E-state index < -0.39 is 10.0 Å². The lowest BCUT2D eigenvalue weighted by Gasteiger charge is -1.98. The molecule has 0 aliphatic heterocycles. The second-order valence-corrected chi connectivity index (χ2v) is 4.65. The molecule has 0 saturated heterocycles. The highest BCUT2D eigenvalue weighted by Gasteiger charge is 2.17. The van der Waals surface area contributed by atoms with Crippen LogP contribution in [0.25, 0.3) is 0 Å². The van der Waals surface area contributed by atoms with E-state index in [0.29, 0.717) is 12.4 Å². The van der Waals surface area contributed by atoms with Crippen LogP contribution in [0.1, 0.15) is 12.7 Å². The van der Waals surface area contributed by atoms with E-state index in [9.17, 15) is 8.42 Å². The number of imidazole rings is 1. The van der Waals surface area contributed by atoms with Crippen molar-refractivity contribution in [3.05, 3.63) is 12.0 Å². The van der Waals surface area contributed by atoms with Crippen LogP contribution >= 0.6 is 0 Å². The van der Waals surface area contributed by atoms with Crippen LogP contribution in [-0.2, 0) is 16.6 Å². The van der Waals surface area contributed by atoms with Gasteiger partial charge in [0, 0.05) is 12.7 Å². The van der Waals surface area contributed by atoms with E-state index in [2.05, 4.69) is 15.6 Å². The molecule has 0 spiro atoms. The fourth-order valence-electron chi connectivity index (χ4n) is 1.14. The Kier molecular flexibility index (Phi) is 3.50. The molecule has 0 radical (unpaired) electrons. The van der Waals surface area contributed by atoms with Crippen molar-refractivity contribution in [3.63, 3.8) is 0 Å². The van der Waals surface area contributed by atoms with Crippen LogP contribution in [0.5, 0.6) is 0 Å². The maximum absolute atomic E-state index is 11.6. The van der Waals surface area contributed by atoms with Crippen LogP contribution in [-0.4, -0.2) is 24.5 Å². The second-order valence-electron chi connectivity index (χ2n) is 2.94. The molecular formula is C9H13N3O2S. The standard InChI is InChI=1S/C9H13N3O2S/c1-4-6-10-15(13,14)9-7-12(5-2)8(3)11-9/h1,7,10H,5-6H2,2-3H3. The van der Waals surface area contributed by atoms with Crippen LogP contribution in [0.3, 0.4) is 0 Å². The molecule has 1 aromatic heterocycles. The molecule has 5 nitrogen and oxygen atoms in total. The van der Waals surface area contributed by atoms with Gasteiger partial charge in [0.2, 0.25) is 0 Å². The van der Waals surface area contributed by atoms with Crippen molar-refractivity contribution in [2.45, 2.75) is 25.4 Å². The molecule has 1 aromatic rings. The Morgan fingerprint density at radius 3 is 2.80 bits per heavy atom. The van der Waals surface area contributed by atoms with Gasteiger partial charge in [-0.05, 0) is 13.8 Å². The van der Waals surface area contributed by atoms with Crippen LogP contribution in [0.2, 0.25) is 0 Å². The molecule has 0 amide bonds. The summed E-state index contributed by atoms with van der Waals surface area (Å²) in [6, 6.07) is 0. The van der Waals surface area contributed by atoms with Crippen molar-refractivity contribution in [2.24, 2.45) is 0 Å². The smallest absolute Gasteiger partial charge is 0.260 e. The number of hydrogen-bond acceptors (Lipinski definition) is 3. The van der Waals surface area contributed by atoms with Crippen molar-refractivity contribution in [2.75, 3.05) is 6.54 Å². The molecule has 0 aliphatic carbocycles. The summed E-state index contributed by atoms with van der Waals surface area (Å²) in [7, 11) is -3.56. The third-order valence-electron chi connectivity index (χ3n) is 1.93. The first kappa shape index (κ1) is 11.8. The third-order valence-corrected chi connectivity index (χ3v) is 3.21. The highest BCUT2D eigenvalue weighted by molar-refractivity contribution is 7.89. The number of aryl methyl sites for hydroxylation is 2. The zero-order chi connectivity index (χ0) is 11.5. The van der Waals surface area contributed by atoms with Gasteiger partial charge in [-0.1, -0.05) is 5.92 Å². The SMILES string of the molecule is C#CCNS(=O)(=O)c1cn(CC)c(C)n1. The van der Waals surface area contributed by atoms with Gasteiger partial charge in [0.1, 0.15) is 5.82 Å². The number of terminal acetylenes is 1. The van der Waals surface area contributed by atoms with Crippen LogP contribution in [0.4, 0.5) is 0 Å². The van der Waals surface area contributed by atoms with E-state index in [1.807, 2.05) is 6.92 Å². The average Bonchev–Trinajstić information content (AvgIpc) is 2.57. The highest BCUT2D eigenvalue weighted by Crippen LogP contribution is 2.08. The van der Waals surface area contributed by atoms with Gasteiger partial charge in [0.15, 0.2) is 5.03 Å². The molecule has 0 aromatic carbocycles. The molecule has 15 heavy (non-hydrogen) atoms. The summed E-state index contributed by atoms with van der Waals surface area (Å²) in [5.41, 5.74) is 0. The van der Waals surface area contributed by atoms with Crippen LogP contribution in [0.15, 0.2) is 11.2 Å². The van der Waals surface area contributed by atoms with Crippen LogP contribution in [0, 0.1) is 19.3 Å². The van der Waals surface area contributed by atoms with Gasteiger partial charge in [0.25, 0.3) is 10.0 Å². The molecule has 0 fully saturated rings. The first-order chi connectivity index (χ1) is 7.01. The Morgan fingerprint density at radius 1 is 1.67 bits per heavy atom. The van der Waals surface area contributed by atoms with Crippen LogP contribution < -0.4 is 4.72 Å². The Hall–Kier alpha value is -1.32. The van der Waals surface area contributed by atoms with Crippen molar-refractivity contribution in [1.29, 1.82) is 0 Å². The quantitative estimate of drug-likeness (QED) is 0.743. The van der Waals surface area contributed by atoms with Gasteiger partial charge < -0.3 is 4.57 Å². The first-order valence-electron chi connectivity index (χ1n) is 4.48. The minimum Gasteiger partial charge on any atom is -0.334 e. The number of hydrogen-bond donors (Lipinski definition) is 1. The Labute approximate surface area is 89.6 Å². The maximum atomic E-state index is 11.6. The number of aromatic nitrogens is 2. The molecular weight excluding hydrogens is 214 g/mol. The molecule has 0 atom stereocenters. The molecule has 1 rings (SSSR count). The third kappa shape index (κ3) is 2.58. The van der Waals surface area contributed by atoms with E-state index in [4.69, 9.17) is 6.42 Å². The van der Waals surface area contributed by atoms with Gasteiger partial charge in [-0.2, -0.15) is 4.72 Å². The molecule has 0 bridgehead atoms. The number of sulfonamides is 1. The van der Waals surface area contributed by atoms with Crippen molar-refractivity contribution >= 4 is 10.0 Å². The predicted molar refractivity (Wildman–Crippen MR) is 56.7 cm³/mol. The van der Waals surface area contributed by atoms with Gasteiger partial charge >= 0.3 is 0 Å². The highest BCUT2D eigenvalue weighted by atomic mass is 32.2. The molecule has 6 heteroatoms. The summed E-state index contributed by atoms with van der Waals surface area (Å²) in [4.78, 5) is 3.95. The second kappa shape index (κ2) is 4.47. The fraction of sp³-hybridized carbons (Fsp3) is 0.444. The Balaban J connectivity index is 3.01. The molecule has 1 N–H and O–H groups in total. The van der Waals surface area contributed by atoms with E-state index >= 15 is 0 Å². The number of nitrogens with one attached hydrogen (secondary N) is 1. The van der Waals surface area contributed by atoms with Crippen molar-refractivity contribution in [1.82, 2.24) is 14.3 Å². The fourth-order valence-corrected chi connectivity index (χ4v) is 2.08. The molecule has 0 aliphatic rings. The molecule has 0 saturated carbocycles. The van der Waals surface area contributed by atoms with Crippen molar-refractivity contribution in [3.8, 4) is 12.3 Å². The minimum atomic E-state index is -3.56.